The maximum atomic E-state index is 12.1. The van der Waals surface area contributed by atoms with Crippen LogP contribution in [-0.4, -0.2) is 15.8 Å². The molecule has 108 valence electrons. The lowest BCUT2D eigenvalue weighted by molar-refractivity contribution is -0.135. The number of aromatic nitrogens is 1. The van der Waals surface area contributed by atoms with Crippen molar-refractivity contribution in [3.8, 4) is 0 Å². The van der Waals surface area contributed by atoms with Crippen LogP contribution in [0.2, 0.25) is 0 Å². The molecule has 1 atom stereocenters. The third-order valence-electron chi connectivity index (χ3n) is 3.79. The van der Waals surface area contributed by atoms with Crippen molar-refractivity contribution in [1.82, 2.24) is 4.57 Å². The molecule has 1 aromatic heterocycles. The highest BCUT2D eigenvalue weighted by atomic mass is 19.4. The average molecular weight is 275 g/mol. The highest BCUT2D eigenvalue weighted by Crippen LogP contribution is 2.32. The number of aliphatic hydroxyl groups is 1. The monoisotopic (exact) mass is 275 g/mol. The van der Waals surface area contributed by atoms with Crippen LogP contribution in [-0.2, 0) is 13.0 Å². The number of unbranched alkanes of at least 4 members (excludes halogenated alkanes) is 1. The molecule has 0 amide bonds. The van der Waals surface area contributed by atoms with Crippen LogP contribution in [0.1, 0.15) is 55.2 Å². The lowest BCUT2D eigenvalue weighted by Crippen LogP contribution is -2.13. The second-order valence-electron chi connectivity index (χ2n) is 5.32. The summed E-state index contributed by atoms with van der Waals surface area (Å²) in [6.45, 7) is 2.57. The first-order chi connectivity index (χ1) is 8.88. The summed E-state index contributed by atoms with van der Waals surface area (Å²) in [4.78, 5) is 0. The van der Waals surface area contributed by atoms with Crippen molar-refractivity contribution < 1.29 is 18.3 Å². The van der Waals surface area contributed by atoms with Crippen molar-refractivity contribution in [1.29, 1.82) is 0 Å². The summed E-state index contributed by atoms with van der Waals surface area (Å²) >= 11 is 0. The van der Waals surface area contributed by atoms with Gasteiger partial charge in [-0.25, -0.2) is 0 Å². The predicted octanol–water partition coefficient (Wildman–Crippen LogP) is 3.90. The number of alkyl halides is 3. The standard InChI is InChI=1S/C14H20F3NO/c1-10-9-11-12(5-4-6-13(11)19)18(10)8-3-2-7-14(15,16)17/h9,13,19H,2-8H2,1H3. The predicted molar refractivity (Wildman–Crippen MR) is 67.0 cm³/mol. The van der Waals surface area contributed by atoms with E-state index in [1.165, 1.54) is 0 Å². The van der Waals surface area contributed by atoms with Crippen molar-refractivity contribution in [3.63, 3.8) is 0 Å². The Balaban J connectivity index is 1.97. The van der Waals surface area contributed by atoms with Gasteiger partial charge in [-0.1, -0.05) is 0 Å². The second kappa shape index (κ2) is 5.57. The molecule has 1 aliphatic carbocycles. The summed E-state index contributed by atoms with van der Waals surface area (Å²) in [5, 5.41) is 9.92. The van der Waals surface area contributed by atoms with Crippen LogP contribution in [0.15, 0.2) is 6.07 Å². The van der Waals surface area contributed by atoms with E-state index < -0.39 is 18.7 Å². The lowest BCUT2D eigenvalue weighted by atomic mass is 9.95. The van der Waals surface area contributed by atoms with E-state index >= 15 is 0 Å². The molecule has 5 heteroatoms. The quantitative estimate of drug-likeness (QED) is 0.828. The van der Waals surface area contributed by atoms with Gasteiger partial charge < -0.3 is 9.67 Å². The van der Waals surface area contributed by atoms with Gasteiger partial charge in [-0.05, 0) is 45.1 Å². The summed E-state index contributed by atoms with van der Waals surface area (Å²) in [5.74, 6) is 0. The molecule has 0 saturated carbocycles. The molecule has 1 aromatic rings. The molecule has 0 fully saturated rings. The van der Waals surface area contributed by atoms with Crippen molar-refractivity contribution in [2.45, 2.75) is 64.3 Å². The van der Waals surface area contributed by atoms with Crippen LogP contribution in [0.3, 0.4) is 0 Å². The number of fused-ring (bicyclic) bond motifs is 1. The molecule has 0 aromatic carbocycles. The number of hydrogen-bond donors (Lipinski definition) is 1. The fourth-order valence-electron chi connectivity index (χ4n) is 2.85. The summed E-state index contributed by atoms with van der Waals surface area (Å²) in [7, 11) is 0. The minimum absolute atomic E-state index is 0.165. The Morgan fingerprint density at radius 1 is 1.37 bits per heavy atom. The molecule has 1 heterocycles. The van der Waals surface area contributed by atoms with E-state index in [-0.39, 0.29) is 6.42 Å². The second-order valence-corrected chi connectivity index (χ2v) is 5.32. The third kappa shape index (κ3) is 3.53. The van der Waals surface area contributed by atoms with Gasteiger partial charge in [0.15, 0.2) is 0 Å². The van der Waals surface area contributed by atoms with E-state index in [0.717, 1.165) is 36.2 Å². The van der Waals surface area contributed by atoms with Crippen molar-refractivity contribution in [2.75, 3.05) is 0 Å². The van der Waals surface area contributed by atoms with E-state index in [9.17, 15) is 18.3 Å². The first kappa shape index (κ1) is 14.4. The van der Waals surface area contributed by atoms with Crippen LogP contribution in [0, 0.1) is 6.92 Å². The number of aryl methyl sites for hydroxylation is 1. The maximum absolute atomic E-state index is 12.1. The Morgan fingerprint density at radius 2 is 2.11 bits per heavy atom. The molecule has 0 radical (unpaired) electrons. The van der Waals surface area contributed by atoms with Gasteiger partial charge in [0.05, 0.1) is 6.10 Å². The van der Waals surface area contributed by atoms with Gasteiger partial charge in [-0.3, -0.25) is 0 Å². The van der Waals surface area contributed by atoms with Crippen LogP contribution in [0.25, 0.3) is 0 Å². The summed E-state index contributed by atoms with van der Waals surface area (Å²) in [5.41, 5.74) is 3.13. The van der Waals surface area contributed by atoms with E-state index in [2.05, 4.69) is 4.57 Å². The van der Waals surface area contributed by atoms with Gasteiger partial charge in [0.25, 0.3) is 0 Å². The Hall–Kier alpha value is -0.970. The van der Waals surface area contributed by atoms with Crippen molar-refractivity contribution >= 4 is 0 Å². The molecule has 19 heavy (non-hydrogen) atoms. The molecule has 2 rings (SSSR count). The molecular weight excluding hydrogens is 255 g/mol. The Bertz CT molecular complexity index is 437. The van der Waals surface area contributed by atoms with E-state index in [1.54, 1.807) is 0 Å². The molecule has 0 bridgehead atoms. The number of nitrogens with zero attached hydrogens (tertiary/aromatic N) is 1. The van der Waals surface area contributed by atoms with Gasteiger partial charge in [0.1, 0.15) is 0 Å². The zero-order chi connectivity index (χ0) is 14.0. The third-order valence-corrected chi connectivity index (χ3v) is 3.79. The largest absolute Gasteiger partial charge is 0.389 e. The van der Waals surface area contributed by atoms with Crippen LogP contribution in [0.5, 0.6) is 0 Å². The Labute approximate surface area is 111 Å². The Kier molecular flexibility index (Phi) is 4.23. The number of rotatable bonds is 4. The number of aliphatic hydroxyl groups excluding tert-OH is 1. The van der Waals surface area contributed by atoms with Crippen molar-refractivity contribution in [2.24, 2.45) is 0 Å². The fraction of sp³-hybridized carbons (Fsp3) is 0.714. The Morgan fingerprint density at radius 3 is 2.79 bits per heavy atom. The first-order valence-electron chi connectivity index (χ1n) is 6.82. The SMILES string of the molecule is Cc1cc2c(n1CCCCC(F)(F)F)CCCC2O. The van der Waals surface area contributed by atoms with Gasteiger partial charge in [-0.2, -0.15) is 13.2 Å². The summed E-state index contributed by atoms with van der Waals surface area (Å²) in [6, 6.07) is 1.98. The lowest BCUT2D eigenvalue weighted by Gasteiger charge is -2.20. The zero-order valence-corrected chi connectivity index (χ0v) is 11.1. The molecule has 0 saturated heterocycles. The molecule has 0 spiro atoms. The maximum Gasteiger partial charge on any atom is 0.389 e. The van der Waals surface area contributed by atoms with Gasteiger partial charge in [0.2, 0.25) is 0 Å². The van der Waals surface area contributed by atoms with Crippen LogP contribution in [0.4, 0.5) is 13.2 Å². The van der Waals surface area contributed by atoms with Crippen LogP contribution >= 0.6 is 0 Å². The number of hydrogen-bond acceptors (Lipinski definition) is 1. The highest BCUT2D eigenvalue weighted by molar-refractivity contribution is 5.31. The summed E-state index contributed by atoms with van der Waals surface area (Å²) < 4.78 is 38.3. The smallest absolute Gasteiger partial charge is 0.388 e. The van der Waals surface area contributed by atoms with Gasteiger partial charge in [0, 0.05) is 29.9 Å². The minimum Gasteiger partial charge on any atom is -0.388 e. The molecule has 2 nitrogen and oxygen atoms in total. The van der Waals surface area contributed by atoms with Crippen LogP contribution < -0.4 is 0 Å². The molecule has 1 N–H and O–H groups in total. The number of halogens is 3. The molecular formula is C14H20F3NO. The normalized spacial score (nSPS) is 19.5. The van der Waals surface area contributed by atoms with E-state index in [1.807, 2.05) is 13.0 Å². The molecule has 1 unspecified atom stereocenters. The summed E-state index contributed by atoms with van der Waals surface area (Å²) in [6.07, 6.45) is -1.83. The molecule has 0 aliphatic heterocycles. The molecule has 1 aliphatic rings. The fourth-order valence-corrected chi connectivity index (χ4v) is 2.85. The van der Waals surface area contributed by atoms with Gasteiger partial charge in [-0.15, -0.1) is 0 Å². The van der Waals surface area contributed by atoms with Crippen molar-refractivity contribution in [3.05, 3.63) is 23.0 Å². The topological polar surface area (TPSA) is 25.2 Å². The van der Waals surface area contributed by atoms with E-state index in [0.29, 0.717) is 13.0 Å². The minimum atomic E-state index is -4.05. The average Bonchev–Trinajstić information content (AvgIpc) is 2.62. The highest BCUT2D eigenvalue weighted by Gasteiger charge is 2.26. The van der Waals surface area contributed by atoms with Gasteiger partial charge >= 0.3 is 6.18 Å². The van der Waals surface area contributed by atoms with E-state index in [4.69, 9.17) is 0 Å². The zero-order valence-electron chi connectivity index (χ0n) is 11.1. The first-order valence-corrected chi connectivity index (χ1v) is 6.82.